The molecule has 2 aromatic carbocycles. The van der Waals surface area contributed by atoms with Gasteiger partial charge in [-0.2, -0.15) is 8.78 Å². The monoisotopic (exact) mass is 342 g/mol. The molecule has 25 heavy (non-hydrogen) atoms. The van der Waals surface area contributed by atoms with Gasteiger partial charge in [-0.3, -0.25) is 9.78 Å². The van der Waals surface area contributed by atoms with Crippen LogP contribution in [0.5, 0.6) is 5.75 Å². The summed E-state index contributed by atoms with van der Waals surface area (Å²) in [5.41, 5.74) is 2.40. The summed E-state index contributed by atoms with van der Waals surface area (Å²) >= 11 is 0. The molecule has 0 aromatic heterocycles. The molecule has 0 spiro atoms. The second kappa shape index (κ2) is 5.62. The average molecular weight is 342 g/mol. The van der Waals surface area contributed by atoms with Crippen molar-refractivity contribution in [3.63, 3.8) is 0 Å². The van der Waals surface area contributed by atoms with Crippen molar-refractivity contribution in [2.75, 3.05) is 0 Å². The fraction of sp³-hybridized carbons (Fsp3) is 0.0556. The minimum atomic E-state index is -2.89. The summed E-state index contributed by atoms with van der Waals surface area (Å²) in [5.74, 6) is -0.885. The molecule has 7 heteroatoms. The number of hydrogen-bond acceptors (Lipinski definition) is 2. The van der Waals surface area contributed by atoms with Crippen LogP contribution < -0.4 is 4.74 Å². The van der Waals surface area contributed by atoms with Crippen molar-refractivity contribution >= 4 is 16.7 Å². The maximum atomic E-state index is 12.5. The largest absolute Gasteiger partial charge is 0.478 e. The molecular formula is C18H12F2N2O3. The Morgan fingerprint density at radius 2 is 1.92 bits per heavy atom. The van der Waals surface area contributed by atoms with E-state index in [2.05, 4.69) is 9.84 Å². The van der Waals surface area contributed by atoms with Crippen LogP contribution in [0.15, 0.2) is 54.7 Å². The number of H-pyrrole nitrogens is 1. The SMILES string of the molecule is O=C(O)c1cccc(-n2cc3cc4c(OC(F)F)cccc4c-3[nH]2)c1. The van der Waals surface area contributed by atoms with Crippen LogP contribution in [-0.4, -0.2) is 27.5 Å². The number of nitrogens with zero attached hydrogens (tertiary/aromatic N) is 1. The molecule has 5 nitrogen and oxygen atoms in total. The van der Waals surface area contributed by atoms with Crippen molar-refractivity contribution in [2.24, 2.45) is 0 Å². The third kappa shape index (κ3) is 2.59. The van der Waals surface area contributed by atoms with Gasteiger partial charge in [0, 0.05) is 22.5 Å². The Kier molecular flexibility index (Phi) is 3.42. The maximum absolute atomic E-state index is 12.5. The minimum Gasteiger partial charge on any atom is -0.478 e. The summed E-state index contributed by atoms with van der Waals surface area (Å²) in [6.45, 7) is -2.89. The van der Waals surface area contributed by atoms with Crippen molar-refractivity contribution in [1.82, 2.24) is 9.78 Å². The van der Waals surface area contributed by atoms with Gasteiger partial charge in [-0.1, -0.05) is 18.2 Å². The van der Waals surface area contributed by atoms with Crippen LogP contribution in [0.2, 0.25) is 0 Å². The van der Waals surface area contributed by atoms with E-state index in [0.29, 0.717) is 11.1 Å². The second-order valence-electron chi connectivity index (χ2n) is 5.54. The molecule has 2 aliphatic rings. The van der Waals surface area contributed by atoms with Gasteiger partial charge in [0.25, 0.3) is 0 Å². The van der Waals surface area contributed by atoms with Gasteiger partial charge in [0.05, 0.1) is 16.9 Å². The second-order valence-corrected chi connectivity index (χ2v) is 5.54. The molecular weight excluding hydrogens is 330 g/mol. The number of ether oxygens (including phenoxy) is 1. The first kappa shape index (κ1) is 15.2. The number of halogens is 2. The zero-order chi connectivity index (χ0) is 17.6. The van der Waals surface area contributed by atoms with Crippen molar-refractivity contribution in [3.05, 3.63) is 60.3 Å². The number of alkyl halides is 2. The third-order valence-electron chi connectivity index (χ3n) is 4.01. The summed E-state index contributed by atoms with van der Waals surface area (Å²) < 4.78 is 31.3. The van der Waals surface area contributed by atoms with E-state index in [-0.39, 0.29) is 11.3 Å². The zero-order valence-corrected chi connectivity index (χ0v) is 12.7. The fourth-order valence-electron chi connectivity index (χ4n) is 2.94. The highest BCUT2D eigenvalue weighted by atomic mass is 19.3. The number of aromatic amines is 1. The lowest BCUT2D eigenvalue weighted by Gasteiger charge is -2.06. The van der Waals surface area contributed by atoms with Crippen molar-refractivity contribution in [3.8, 4) is 22.7 Å². The topological polar surface area (TPSA) is 67.2 Å². The number of carboxylic acids is 1. The van der Waals surface area contributed by atoms with E-state index in [9.17, 15) is 13.6 Å². The Bertz CT molecular complexity index is 1050. The summed E-state index contributed by atoms with van der Waals surface area (Å²) in [4.78, 5) is 11.1. The molecule has 126 valence electrons. The predicted octanol–water partition coefficient (Wildman–Crippen LogP) is 4.36. The number of aromatic carboxylic acids is 1. The van der Waals surface area contributed by atoms with Gasteiger partial charge in [-0.15, -0.1) is 0 Å². The number of carboxylic acid groups (broad SMARTS) is 1. The molecule has 0 bridgehead atoms. The summed E-state index contributed by atoms with van der Waals surface area (Å²) in [6, 6.07) is 13.2. The van der Waals surface area contributed by atoms with E-state index in [1.54, 1.807) is 41.2 Å². The molecule has 0 saturated heterocycles. The number of aromatic nitrogens is 2. The number of rotatable bonds is 4. The van der Waals surface area contributed by atoms with Gasteiger partial charge in [0.15, 0.2) is 0 Å². The molecule has 4 rings (SSSR count). The highest BCUT2D eigenvalue weighted by Crippen LogP contribution is 2.38. The predicted molar refractivity (Wildman–Crippen MR) is 87.8 cm³/mol. The van der Waals surface area contributed by atoms with Gasteiger partial charge >= 0.3 is 12.6 Å². The van der Waals surface area contributed by atoms with Crippen molar-refractivity contribution in [1.29, 1.82) is 0 Å². The fourth-order valence-corrected chi connectivity index (χ4v) is 2.94. The van der Waals surface area contributed by atoms with Crippen molar-refractivity contribution in [2.45, 2.75) is 6.61 Å². The van der Waals surface area contributed by atoms with Crippen LogP contribution >= 0.6 is 0 Å². The number of carbonyl (C=O) groups is 1. The van der Waals surface area contributed by atoms with Gasteiger partial charge in [-0.25, -0.2) is 4.79 Å². The van der Waals surface area contributed by atoms with Gasteiger partial charge < -0.3 is 9.84 Å². The van der Waals surface area contributed by atoms with Crippen LogP contribution in [-0.2, 0) is 0 Å². The summed E-state index contributed by atoms with van der Waals surface area (Å²) in [6.07, 6.45) is 1.78. The minimum absolute atomic E-state index is 0.122. The first-order valence-electron chi connectivity index (χ1n) is 7.44. The first-order valence-corrected chi connectivity index (χ1v) is 7.44. The van der Waals surface area contributed by atoms with Crippen molar-refractivity contribution < 1.29 is 23.4 Å². The number of nitrogens with one attached hydrogen (secondary N) is 1. The Balaban J connectivity index is 1.83. The molecule has 0 amide bonds. The normalized spacial score (nSPS) is 11.5. The van der Waals surface area contributed by atoms with E-state index in [1.165, 1.54) is 12.1 Å². The van der Waals surface area contributed by atoms with Crippen LogP contribution in [0.3, 0.4) is 0 Å². The molecule has 1 heterocycles. The van der Waals surface area contributed by atoms with Crippen LogP contribution in [0.4, 0.5) is 8.78 Å². The molecule has 2 aromatic rings. The third-order valence-corrected chi connectivity index (χ3v) is 4.01. The lowest BCUT2D eigenvalue weighted by Crippen LogP contribution is -2.01. The number of benzene rings is 2. The molecule has 1 aliphatic heterocycles. The molecule has 1 aliphatic carbocycles. The highest BCUT2D eigenvalue weighted by molar-refractivity contribution is 6.03. The Morgan fingerprint density at radius 1 is 1.12 bits per heavy atom. The molecule has 0 saturated carbocycles. The zero-order valence-electron chi connectivity index (χ0n) is 12.7. The van der Waals surface area contributed by atoms with E-state index in [0.717, 1.165) is 16.6 Å². The van der Waals surface area contributed by atoms with Crippen LogP contribution in [0, 0.1) is 0 Å². The lowest BCUT2D eigenvalue weighted by atomic mass is 10.2. The highest BCUT2D eigenvalue weighted by Gasteiger charge is 2.18. The molecule has 0 radical (unpaired) electrons. The van der Waals surface area contributed by atoms with E-state index in [1.807, 2.05) is 6.07 Å². The smallest absolute Gasteiger partial charge is 0.387 e. The quantitative estimate of drug-likeness (QED) is 0.579. The molecule has 0 unspecified atom stereocenters. The molecule has 0 fully saturated rings. The molecule has 0 atom stereocenters. The number of fused-ring (bicyclic) bond motifs is 3. The van der Waals surface area contributed by atoms with Gasteiger partial charge in [-0.05, 0) is 30.3 Å². The van der Waals surface area contributed by atoms with E-state index in [4.69, 9.17) is 5.11 Å². The van der Waals surface area contributed by atoms with Gasteiger partial charge in [0.2, 0.25) is 0 Å². The van der Waals surface area contributed by atoms with E-state index < -0.39 is 12.6 Å². The summed E-state index contributed by atoms with van der Waals surface area (Å²) in [7, 11) is 0. The lowest BCUT2D eigenvalue weighted by molar-refractivity contribution is -0.0487. The Hall–Kier alpha value is -3.35. The Morgan fingerprint density at radius 3 is 2.68 bits per heavy atom. The van der Waals surface area contributed by atoms with Crippen LogP contribution in [0.1, 0.15) is 10.4 Å². The summed E-state index contributed by atoms with van der Waals surface area (Å²) in [5, 5.41) is 13.6. The van der Waals surface area contributed by atoms with Crippen LogP contribution in [0.25, 0.3) is 27.7 Å². The standard InChI is InChI=1S/C18H12F2N2O3/c19-18(20)25-15-6-2-5-13-14(15)8-11-9-22(21-16(11)13)12-4-1-3-10(7-12)17(23)24/h1-9,18,21H,(H,23,24). The molecule has 2 N–H and O–H groups in total. The van der Waals surface area contributed by atoms with E-state index >= 15 is 0 Å². The number of hydrogen-bond donors (Lipinski definition) is 2. The Labute approximate surface area is 140 Å². The first-order chi connectivity index (χ1) is 12.0. The average Bonchev–Trinajstić information content (AvgIpc) is 3.13. The van der Waals surface area contributed by atoms with Gasteiger partial charge in [0.1, 0.15) is 5.75 Å². The maximum Gasteiger partial charge on any atom is 0.387 e.